The minimum absolute atomic E-state index is 0.287. The Morgan fingerprint density at radius 3 is 2.43 bits per heavy atom. The lowest BCUT2D eigenvalue weighted by molar-refractivity contribution is -0.117. The summed E-state index contributed by atoms with van der Waals surface area (Å²) in [7, 11) is 4.79. The number of aromatic nitrogens is 1. The molecular formula is C22H25N3O4S. The van der Waals surface area contributed by atoms with E-state index in [2.05, 4.69) is 9.69 Å². The summed E-state index contributed by atoms with van der Waals surface area (Å²) >= 11 is 1.36. The maximum absolute atomic E-state index is 12.1. The molecule has 158 valence electrons. The van der Waals surface area contributed by atoms with Crippen LogP contribution in [0.25, 0.3) is 22.4 Å². The van der Waals surface area contributed by atoms with Crippen molar-refractivity contribution in [2.75, 3.05) is 26.6 Å². The summed E-state index contributed by atoms with van der Waals surface area (Å²) in [6.07, 6.45) is 0. The number of ether oxygens (including phenoxy) is 3. The number of rotatable bonds is 7. The van der Waals surface area contributed by atoms with Gasteiger partial charge in [-0.1, -0.05) is 6.07 Å². The Morgan fingerprint density at radius 2 is 1.80 bits per heavy atom. The first-order valence-corrected chi connectivity index (χ1v) is 10.2. The maximum atomic E-state index is 12.1. The maximum Gasteiger partial charge on any atom is 0.241 e. The van der Waals surface area contributed by atoms with Gasteiger partial charge in [0.15, 0.2) is 11.5 Å². The average molecular weight is 428 g/mol. The molecule has 0 saturated carbocycles. The lowest BCUT2D eigenvalue weighted by Crippen LogP contribution is -2.32. The van der Waals surface area contributed by atoms with Crippen molar-refractivity contribution >= 4 is 23.1 Å². The molecule has 0 aliphatic carbocycles. The van der Waals surface area contributed by atoms with Crippen LogP contribution < -0.4 is 25.3 Å². The Kier molecular flexibility index (Phi) is 6.59. The number of nitrogens with zero attached hydrogens (tertiary/aromatic N) is 1. The highest BCUT2D eigenvalue weighted by Gasteiger charge is 2.18. The molecule has 0 radical (unpaired) electrons. The highest BCUT2D eigenvalue weighted by atomic mass is 32.1. The van der Waals surface area contributed by atoms with Crippen molar-refractivity contribution in [3.63, 3.8) is 0 Å². The number of anilines is 1. The summed E-state index contributed by atoms with van der Waals surface area (Å²) in [5.74, 6) is 1.61. The topological polar surface area (TPSA) is 95.7 Å². The predicted molar refractivity (Wildman–Crippen MR) is 120 cm³/mol. The molecule has 0 saturated heterocycles. The van der Waals surface area contributed by atoms with E-state index in [1.54, 1.807) is 28.3 Å². The van der Waals surface area contributed by atoms with E-state index in [9.17, 15) is 4.79 Å². The van der Waals surface area contributed by atoms with Crippen LogP contribution in [0.2, 0.25) is 0 Å². The van der Waals surface area contributed by atoms with E-state index in [4.69, 9.17) is 19.9 Å². The molecule has 1 unspecified atom stereocenters. The second-order valence-corrected chi connectivity index (χ2v) is 7.43. The number of aryl methyl sites for hydroxylation is 1. The van der Waals surface area contributed by atoms with Crippen molar-refractivity contribution in [2.45, 2.75) is 19.9 Å². The van der Waals surface area contributed by atoms with Crippen LogP contribution in [0, 0.1) is 6.92 Å². The van der Waals surface area contributed by atoms with Gasteiger partial charge >= 0.3 is 0 Å². The van der Waals surface area contributed by atoms with E-state index >= 15 is 0 Å². The molecule has 30 heavy (non-hydrogen) atoms. The molecule has 3 rings (SSSR count). The summed E-state index contributed by atoms with van der Waals surface area (Å²) in [5, 5.41) is 4.79. The molecular weight excluding hydrogens is 402 g/mol. The van der Waals surface area contributed by atoms with E-state index in [-0.39, 0.29) is 5.91 Å². The Labute approximate surface area is 179 Å². The molecule has 0 aliphatic rings. The lowest BCUT2D eigenvalue weighted by Gasteiger charge is -2.15. The van der Waals surface area contributed by atoms with Gasteiger partial charge in [-0.2, -0.15) is 4.37 Å². The van der Waals surface area contributed by atoms with E-state index in [1.807, 2.05) is 42.6 Å². The molecule has 8 heteroatoms. The van der Waals surface area contributed by atoms with Crippen molar-refractivity contribution < 1.29 is 19.0 Å². The zero-order valence-corrected chi connectivity index (χ0v) is 18.4. The zero-order chi connectivity index (χ0) is 21.8. The number of carbonyl (C=O) groups excluding carboxylic acids is 1. The molecule has 1 heterocycles. The molecule has 0 aliphatic heterocycles. The van der Waals surface area contributed by atoms with Crippen LogP contribution in [0.1, 0.15) is 12.5 Å². The van der Waals surface area contributed by atoms with Crippen LogP contribution in [0.5, 0.6) is 17.2 Å². The molecule has 7 nitrogen and oxygen atoms in total. The van der Waals surface area contributed by atoms with Gasteiger partial charge in [0, 0.05) is 16.5 Å². The first kappa shape index (κ1) is 21.6. The summed E-state index contributed by atoms with van der Waals surface area (Å²) in [5.41, 5.74) is 10.8. The monoisotopic (exact) mass is 427 g/mol. The fourth-order valence-electron chi connectivity index (χ4n) is 3.16. The SMILES string of the molecule is COc1ccc(-c2csnc2-c2cc(C)c(OC)c(OC)c2)cc1NC(=O)C(C)N. The van der Waals surface area contributed by atoms with E-state index in [0.29, 0.717) is 22.9 Å². The van der Waals surface area contributed by atoms with Crippen LogP contribution in [0.4, 0.5) is 5.69 Å². The smallest absolute Gasteiger partial charge is 0.241 e. The Bertz CT molecular complexity index is 1060. The van der Waals surface area contributed by atoms with Crippen LogP contribution in [0.3, 0.4) is 0 Å². The quantitative estimate of drug-likeness (QED) is 0.589. The Hall–Kier alpha value is -3.10. The average Bonchev–Trinajstić information content (AvgIpc) is 3.22. The van der Waals surface area contributed by atoms with Gasteiger partial charge in [-0.25, -0.2) is 0 Å². The highest BCUT2D eigenvalue weighted by Crippen LogP contribution is 2.40. The number of hydrogen-bond donors (Lipinski definition) is 2. The third-order valence-electron chi connectivity index (χ3n) is 4.69. The summed E-state index contributed by atoms with van der Waals surface area (Å²) in [6.45, 7) is 3.60. The van der Waals surface area contributed by atoms with Gasteiger partial charge in [0.25, 0.3) is 0 Å². The van der Waals surface area contributed by atoms with Gasteiger partial charge in [0.1, 0.15) is 5.75 Å². The van der Waals surface area contributed by atoms with Gasteiger partial charge in [-0.15, -0.1) is 0 Å². The Balaban J connectivity index is 2.07. The number of methoxy groups -OCH3 is 3. The van der Waals surface area contributed by atoms with Crippen LogP contribution in [0.15, 0.2) is 35.7 Å². The Morgan fingerprint density at radius 1 is 1.07 bits per heavy atom. The standard InChI is InChI=1S/C22H25N3O4S/c1-12-8-15(10-19(28-4)21(12)29-5)20-16(11-30-25-20)14-6-7-18(27-3)17(9-14)24-22(26)13(2)23/h6-11,13H,23H2,1-5H3,(H,24,26). The second-order valence-electron chi connectivity index (χ2n) is 6.80. The number of nitrogens with two attached hydrogens (primary N) is 1. The third-order valence-corrected chi connectivity index (χ3v) is 5.32. The van der Waals surface area contributed by atoms with Crippen molar-refractivity contribution in [1.82, 2.24) is 4.37 Å². The molecule has 0 bridgehead atoms. The zero-order valence-electron chi connectivity index (χ0n) is 17.6. The first-order chi connectivity index (χ1) is 14.4. The molecule has 3 aromatic rings. The predicted octanol–water partition coefficient (Wildman–Crippen LogP) is 4.10. The molecule has 0 fully saturated rings. The lowest BCUT2D eigenvalue weighted by atomic mass is 9.99. The molecule has 1 aromatic heterocycles. The first-order valence-electron chi connectivity index (χ1n) is 9.31. The van der Waals surface area contributed by atoms with Crippen LogP contribution in [-0.4, -0.2) is 37.7 Å². The van der Waals surface area contributed by atoms with Gasteiger partial charge < -0.3 is 25.3 Å². The number of benzene rings is 2. The summed E-state index contributed by atoms with van der Waals surface area (Å²) < 4.78 is 20.9. The second kappa shape index (κ2) is 9.15. The van der Waals surface area contributed by atoms with Gasteiger partial charge in [0.2, 0.25) is 5.91 Å². The van der Waals surface area contributed by atoms with Crippen LogP contribution in [-0.2, 0) is 4.79 Å². The van der Waals surface area contributed by atoms with Gasteiger partial charge in [0.05, 0.1) is 38.8 Å². The fourth-order valence-corrected chi connectivity index (χ4v) is 3.88. The van der Waals surface area contributed by atoms with E-state index in [1.165, 1.54) is 11.5 Å². The fraction of sp³-hybridized carbons (Fsp3) is 0.273. The van der Waals surface area contributed by atoms with Gasteiger partial charge in [-0.3, -0.25) is 4.79 Å². The number of carbonyl (C=O) groups is 1. The van der Waals surface area contributed by atoms with Crippen molar-refractivity contribution in [1.29, 1.82) is 0 Å². The number of hydrogen-bond acceptors (Lipinski definition) is 7. The van der Waals surface area contributed by atoms with Crippen molar-refractivity contribution in [3.05, 3.63) is 41.3 Å². The van der Waals surface area contributed by atoms with E-state index < -0.39 is 6.04 Å². The van der Waals surface area contributed by atoms with E-state index in [0.717, 1.165) is 27.9 Å². The molecule has 3 N–H and O–H groups in total. The van der Waals surface area contributed by atoms with Crippen molar-refractivity contribution in [2.24, 2.45) is 5.73 Å². The summed E-state index contributed by atoms with van der Waals surface area (Å²) in [4.78, 5) is 12.1. The number of nitrogens with one attached hydrogen (secondary N) is 1. The highest BCUT2D eigenvalue weighted by molar-refractivity contribution is 7.04. The molecule has 2 aromatic carbocycles. The third kappa shape index (κ3) is 4.24. The normalized spacial score (nSPS) is 11.7. The minimum atomic E-state index is -0.633. The van der Waals surface area contributed by atoms with Crippen molar-refractivity contribution in [3.8, 4) is 39.6 Å². The largest absolute Gasteiger partial charge is 0.495 e. The minimum Gasteiger partial charge on any atom is -0.495 e. The summed E-state index contributed by atoms with van der Waals surface area (Å²) in [6, 6.07) is 8.90. The molecule has 0 spiro atoms. The van der Waals surface area contributed by atoms with Gasteiger partial charge in [-0.05, 0) is 60.8 Å². The number of amides is 1. The molecule has 1 amide bonds. The molecule has 1 atom stereocenters. The van der Waals surface area contributed by atoms with Crippen LogP contribution >= 0.6 is 11.5 Å².